The Bertz CT molecular complexity index is 539. The summed E-state index contributed by atoms with van der Waals surface area (Å²) in [6.07, 6.45) is 7.11. The molecule has 5 nitrogen and oxygen atoms in total. The number of hydrogen-bond acceptors (Lipinski definition) is 3. The van der Waals surface area contributed by atoms with E-state index in [1.54, 1.807) is 12.1 Å². The second-order valence-electron chi connectivity index (χ2n) is 6.06. The lowest BCUT2D eigenvalue weighted by Gasteiger charge is -2.44. The topological polar surface area (TPSA) is 63.4 Å². The Labute approximate surface area is 124 Å². The summed E-state index contributed by atoms with van der Waals surface area (Å²) in [5.74, 6) is 0.677. The zero-order valence-corrected chi connectivity index (χ0v) is 12.0. The summed E-state index contributed by atoms with van der Waals surface area (Å²) in [7, 11) is 0. The Morgan fingerprint density at radius 3 is 2.48 bits per heavy atom. The van der Waals surface area contributed by atoms with Gasteiger partial charge in [-0.3, -0.25) is 14.9 Å². The van der Waals surface area contributed by atoms with Crippen LogP contribution >= 0.6 is 0 Å². The minimum atomic E-state index is -0.438. The van der Waals surface area contributed by atoms with Gasteiger partial charge in [-0.05, 0) is 43.7 Å². The van der Waals surface area contributed by atoms with Crippen molar-refractivity contribution in [3.63, 3.8) is 0 Å². The summed E-state index contributed by atoms with van der Waals surface area (Å²) in [5.41, 5.74) is 0.590. The van der Waals surface area contributed by atoms with Crippen LogP contribution in [0, 0.1) is 16.0 Å². The van der Waals surface area contributed by atoms with Crippen LogP contribution in [0.15, 0.2) is 24.3 Å². The maximum Gasteiger partial charge on any atom is 0.269 e. The molecule has 0 radical (unpaired) electrons. The molecule has 0 spiro atoms. The largest absolute Gasteiger partial charge is 0.335 e. The molecule has 112 valence electrons. The molecule has 2 aliphatic rings. The smallest absolute Gasteiger partial charge is 0.269 e. The van der Waals surface area contributed by atoms with Crippen LogP contribution in [0.2, 0.25) is 0 Å². The number of nitro groups is 1. The maximum absolute atomic E-state index is 12.7. The highest BCUT2D eigenvalue weighted by molar-refractivity contribution is 5.94. The molecular weight excluding hydrogens is 268 g/mol. The highest BCUT2D eigenvalue weighted by Crippen LogP contribution is 2.36. The Hall–Kier alpha value is -1.91. The van der Waals surface area contributed by atoms with Gasteiger partial charge in [-0.15, -0.1) is 0 Å². The van der Waals surface area contributed by atoms with Gasteiger partial charge in [-0.2, -0.15) is 0 Å². The molecule has 0 unspecified atom stereocenters. The van der Waals surface area contributed by atoms with Gasteiger partial charge in [-0.25, -0.2) is 0 Å². The molecule has 1 aromatic rings. The quantitative estimate of drug-likeness (QED) is 0.619. The standard InChI is InChI=1S/C16H20N2O3/c19-16(13-7-9-14(10-8-13)18(20)21)17-11-3-5-12-4-1-2-6-15(12)17/h7-10,12,15H,1-6,11H2/t12-,15+/m1/s1. The monoisotopic (exact) mass is 288 g/mol. The molecule has 1 aromatic carbocycles. The number of carbonyl (C=O) groups excluding carboxylic acids is 1. The predicted octanol–water partition coefficient (Wildman–Crippen LogP) is 3.39. The first kappa shape index (κ1) is 14.0. The van der Waals surface area contributed by atoms with Crippen LogP contribution in [0.3, 0.4) is 0 Å². The van der Waals surface area contributed by atoms with E-state index in [-0.39, 0.29) is 11.6 Å². The van der Waals surface area contributed by atoms with Crippen molar-refractivity contribution in [2.24, 2.45) is 5.92 Å². The number of likely N-dealkylation sites (tertiary alicyclic amines) is 1. The molecule has 3 rings (SSSR count). The van der Waals surface area contributed by atoms with Crippen LogP contribution < -0.4 is 0 Å². The molecule has 2 fully saturated rings. The zero-order valence-electron chi connectivity index (χ0n) is 12.0. The van der Waals surface area contributed by atoms with Crippen LogP contribution in [-0.4, -0.2) is 28.3 Å². The Balaban J connectivity index is 1.78. The molecule has 5 heteroatoms. The van der Waals surface area contributed by atoms with Gasteiger partial charge < -0.3 is 4.90 Å². The van der Waals surface area contributed by atoms with Crippen molar-refractivity contribution < 1.29 is 9.72 Å². The van der Waals surface area contributed by atoms with Crippen LogP contribution in [0.1, 0.15) is 48.9 Å². The molecule has 1 amide bonds. The van der Waals surface area contributed by atoms with Crippen molar-refractivity contribution in [3.8, 4) is 0 Å². The van der Waals surface area contributed by atoms with E-state index in [2.05, 4.69) is 0 Å². The number of fused-ring (bicyclic) bond motifs is 1. The molecule has 1 heterocycles. The van der Waals surface area contributed by atoms with Gasteiger partial charge in [0.25, 0.3) is 11.6 Å². The van der Waals surface area contributed by atoms with Gasteiger partial charge >= 0.3 is 0 Å². The molecule has 1 aliphatic carbocycles. The summed E-state index contributed by atoms with van der Waals surface area (Å²) in [4.78, 5) is 24.9. The van der Waals surface area contributed by atoms with Crippen LogP contribution in [0.25, 0.3) is 0 Å². The minimum Gasteiger partial charge on any atom is -0.335 e. The summed E-state index contributed by atoms with van der Waals surface area (Å²) >= 11 is 0. The lowest BCUT2D eigenvalue weighted by Crippen LogP contribution is -2.49. The van der Waals surface area contributed by atoms with Gasteiger partial charge in [0.1, 0.15) is 0 Å². The molecular formula is C16H20N2O3. The Morgan fingerprint density at radius 2 is 1.76 bits per heavy atom. The zero-order chi connectivity index (χ0) is 14.8. The average molecular weight is 288 g/mol. The van der Waals surface area contributed by atoms with E-state index in [0.29, 0.717) is 17.5 Å². The summed E-state index contributed by atoms with van der Waals surface area (Å²) < 4.78 is 0. The van der Waals surface area contributed by atoms with Gasteiger partial charge in [0.15, 0.2) is 0 Å². The number of benzene rings is 1. The number of rotatable bonds is 2. The van der Waals surface area contributed by atoms with Crippen molar-refractivity contribution >= 4 is 11.6 Å². The number of amides is 1. The summed E-state index contributed by atoms with van der Waals surface area (Å²) in [5, 5.41) is 10.7. The maximum atomic E-state index is 12.7. The second-order valence-corrected chi connectivity index (χ2v) is 6.06. The minimum absolute atomic E-state index is 0.0285. The van der Waals surface area contributed by atoms with Crippen molar-refractivity contribution in [2.45, 2.75) is 44.6 Å². The molecule has 1 saturated heterocycles. The fourth-order valence-electron chi connectivity index (χ4n) is 3.77. The van der Waals surface area contributed by atoms with E-state index in [1.165, 1.54) is 37.8 Å². The fourth-order valence-corrected chi connectivity index (χ4v) is 3.77. The predicted molar refractivity (Wildman–Crippen MR) is 79.1 cm³/mol. The third-order valence-corrected chi connectivity index (χ3v) is 4.83. The van der Waals surface area contributed by atoms with Crippen molar-refractivity contribution in [1.29, 1.82) is 0 Å². The normalized spacial score (nSPS) is 25.2. The van der Waals surface area contributed by atoms with Crippen molar-refractivity contribution in [1.82, 2.24) is 4.90 Å². The summed E-state index contributed by atoms with van der Waals surface area (Å²) in [6, 6.07) is 6.35. The lowest BCUT2D eigenvalue weighted by atomic mass is 9.78. The number of non-ortho nitro benzene ring substituents is 1. The SMILES string of the molecule is O=C(c1ccc([N+](=O)[O-])cc1)N1CCC[C@H]2CCCC[C@@H]21. The molecule has 2 atom stereocenters. The lowest BCUT2D eigenvalue weighted by molar-refractivity contribution is -0.384. The number of carbonyl (C=O) groups is 1. The highest BCUT2D eigenvalue weighted by Gasteiger charge is 2.35. The third kappa shape index (κ3) is 2.77. The molecule has 0 bridgehead atoms. The van der Waals surface area contributed by atoms with Crippen LogP contribution in [0.4, 0.5) is 5.69 Å². The Kier molecular flexibility index (Phi) is 3.90. The van der Waals surface area contributed by atoms with E-state index in [4.69, 9.17) is 0 Å². The van der Waals surface area contributed by atoms with Gasteiger partial charge in [0, 0.05) is 30.3 Å². The first-order chi connectivity index (χ1) is 10.2. The first-order valence-corrected chi connectivity index (χ1v) is 7.72. The van der Waals surface area contributed by atoms with E-state index in [1.807, 2.05) is 4.90 Å². The molecule has 0 aromatic heterocycles. The molecule has 0 N–H and O–H groups in total. The highest BCUT2D eigenvalue weighted by atomic mass is 16.6. The number of hydrogen-bond donors (Lipinski definition) is 0. The third-order valence-electron chi connectivity index (χ3n) is 4.83. The van der Waals surface area contributed by atoms with E-state index < -0.39 is 4.92 Å². The number of piperidine rings is 1. The number of nitro benzene ring substituents is 1. The Morgan fingerprint density at radius 1 is 1.10 bits per heavy atom. The van der Waals surface area contributed by atoms with Gasteiger partial charge in [0.2, 0.25) is 0 Å². The molecule has 1 aliphatic heterocycles. The van der Waals surface area contributed by atoms with Crippen LogP contribution in [0.5, 0.6) is 0 Å². The van der Waals surface area contributed by atoms with Crippen molar-refractivity contribution in [3.05, 3.63) is 39.9 Å². The van der Waals surface area contributed by atoms with Crippen LogP contribution in [-0.2, 0) is 0 Å². The number of nitrogens with zero attached hydrogens (tertiary/aromatic N) is 2. The fraction of sp³-hybridized carbons (Fsp3) is 0.562. The molecule has 21 heavy (non-hydrogen) atoms. The van der Waals surface area contributed by atoms with E-state index in [0.717, 1.165) is 19.4 Å². The summed E-state index contributed by atoms with van der Waals surface area (Å²) in [6.45, 7) is 0.816. The second kappa shape index (κ2) is 5.84. The molecule has 1 saturated carbocycles. The van der Waals surface area contributed by atoms with Crippen molar-refractivity contribution in [2.75, 3.05) is 6.54 Å². The van der Waals surface area contributed by atoms with E-state index >= 15 is 0 Å². The van der Waals surface area contributed by atoms with Gasteiger partial charge in [0.05, 0.1) is 4.92 Å². The first-order valence-electron chi connectivity index (χ1n) is 7.72. The van der Waals surface area contributed by atoms with E-state index in [9.17, 15) is 14.9 Å². The average Bonchev–Trinajstić information content (AvgIpc) is 2.53. The van der Waals surface area contributed by atoms with Gasteiger partial charge in [-0.1, -0.05) is 12.8 Å².